The summed E-state index contributed by atoms with van der Waals surface area (Å²) >= 11 is 0. The molecule has 0 amide bonds. The molecule has 3 N–H and O–H groups in total. The van der Waals surface area contributed by atoms with Gasteiger partial charge in [0, 0.05) is 12.6 Å². The lowest BCUT2D eigenvalue weighted by Crippen LogP contribution is -2.26. The molecule has 4 heteroatoms. The first kappa shape index (κ1) is 13.4. The maximum absolute atomic E-state index is 9.34. The zero-order valence-corrected chi connectivity index (χ0v) is 10.5. The van der Waals surface area contributed by atoms with Gasteiger partial charge in [-0.15, -0.1) is 0 Å². The van der Waals surface area contributed by atoms with Crippen molar-refractivity contribution in [2.24, 2.45) is 5.73 Å². The Labute approximate surface area is 112 Å². The van der Waals surface area contributed by atoms with Crippen molar-refractivity contribution in [1.82, 2.24) is 0 Å². The van der Waals surface area contributed by atoms with Crippen LogP contribution in [0, 0.1) is 0 Å². The van der Waals surface area contributed by atoms with E-state index in [1.165, 1.54) is 0 Å². The molecule has 0 aliphatic heterocycles. The molecule has 0 aliphatic carbocycles. The van der Waals surface area contributed by atoms with Gasteiger partial charge in [0.25, 0.3) is 0 Å². The lowest BCUT2D eigenvalue weighted by atomic mass is 10.3. The minimum Gasteiger partial charge on any atom is -0.491 e. The van der Waals surface area contributed by atoms with Gasteiger partial charge < -0.3 is 20.3 Å². The predicted molar refractivity (Wildman–Crippen MR) is 73.5 cm³/mol. The fraction of sp³-hybridized carbons (Fsp3) is 0.200. The van der Waals surface area contributed by atoms with Crippen LogP contribution in [-0.4, -0.2) is 24.4 Å². The molecule has 2 rings (SSSR count). The van der Waals surface area contributed by atoms with E-state index in [9.17, 15) is 5.11 Å². The molecule has 0 heterocycles. The number of benzene rings is 2. The van der Waals surface area contributed by atoms with Crippen molar-refractivity contribution in [1.29, 1.82) is 0 Å². The molecule has 0 aliphatic rings. The normalized spacial score (nSPS) is 11.9. The summed E-state index contributed by atoms with van der Waals surface area (Å²) in [6.45, 7) is 0.353. The molecule has 2 aromatic rings. The molecule has 0 radical (unpaired) electrons. The van der Waals surface area contributed by atoms with E-state index >= 15 is 0 Å². The highest BCUT2D eigenvalue weighted by molar-refractivity contribution is 5.36. The second-order valence-electron chi connectivity index (χ2n) is 4.09. The third-order valence-corrected chi connectivity index (χ3v) is 2.50. The van der Waals surface area contributed by atoms with Crippen molar-refractivity contribution in [2.75, 3.05) is 13.2 Å². The Morgan fingerprint density at radius 3 is 2.37 bits per heavy atom. The summed E-state index contributed by atoms with van der Waals surface area (Å²) in [6.07, 6.45) is -0.654. The molecule has 1 atom stereocenters. The lowest BCUT2D eigenvalue weighted by molar-refractivity contribution is 0.114. The number of para-hydroxylation sites is 1. The van der Waals surface area contributed by atoms with Crippen LogP contribution in [0.3, 0.4) is 0 Å². The van der Waals surface area contributed by atoms with Gasteiger partial charge >= 0.3 is 0 Å². The first-order chi connectivity index (χ1) is 9.28. The molecule has 0 aromatic heterocycles. The molecule has 0 saturated heterocycles. The summed E-state index contributed by atoms with van der Waals surface area (Å²) in [4.78, 5) is 0. The van der Waals surface area contributed by atoms with E-state index in [1.807, 2.05) is 42.5 Å². The summed E-state index contributed by atoms with van der Waals surface area (Å²) < 4.78 is 11.1. The van der Waals surface area contributed by atoms with Gasteiger partial charge in [-0.3, -0.25) is 0 Å². The standard InChI is InChI=1S/C15H17NO3/c16-10-12(17)11-18-14-7-4-8-15(9-14)19-13-5-2-1-3-6-13/h1-9,12,17H,10-11,16H2/t12-/m1/s1. The van der Waals surface area contributed by atoms with E-state index in [-0.39, 0.29) is 13.2 Å². The van der Waals surface area contributed by atoms with Gasteiger partial charge in [-0.2, -0.15) is 0 Å². The molecule has 0 bridgehead atoms. The second-order valence-corrected chi connectivity index (χ2v) is 4.09. The van der Waals surface area contributed by atoms with Gasteiger partial charge in [-0.1, -0.05) is 24.3 Å². The highest BCUT2D eigenvalue weighted by Crippen LogP contribution is 2.24. The fourth-order valence-corrected chi connectivity index (χ4v) is 1.51. The van der Waals surface area contributed by atoms with Crippen LogP contribution >= 0.6 is 0 Å². The summed E-state index contributed by atoms with van der Waals surface area (Å²) in [5.41, 5.74) is 5.31. The molecule has 0 spiro atoms. The number of hydrogen-bond acceptors (Lipinski definition) is 4. The molecule has 0 fully saturated rings. The molecule has 100 valence electrons. The summed E-state index contributed by atoms with van der Waals surface area (Å²) in [6, 6.07) is 16.8. The minimum absolute atomic E-state index is 0.172. The zero-order chi connectivity index (χ0) is 13.5. The number of ether oxygens (including phenoxy) is 2. The number of aliphatic hydroxyl groups is 1. The third kappa shape index (κ3) is 4.28. The monoisotopic (exact) mass is 259 g/mol. The van der Waals surface area contributed by atoms with Gasteiger partial charge in [0.05, 0.1) is 0 Å². The highest BCUT2D eigenvalue weighted by Gasteiger charge is 2.03. The maximum Gasteiger partial charge on any atom is 0.131 e. The summed E-state index contributed by atoms with van der Waals surface area (Å²) in [7, 11) is 0. The molecule has 19 heavy (non-hydrogen) atoms. The van der Waals surface area contributed by atoms with Crippen LogP contribution in [0.1, 0.15) is 0 Å². The van der Waals surface area contributed by atoms with E-state index in [1.54, 1.807) is 12.1 Å². The van der Waals surface area contributed by atoms with E-state index in [0.717, 1.165) is 5.75 Å². The average molecular weight is 259 g/mol. The van der Waals surface area contributed by atoms with Crippen LogP contribution < -0.4 is 15.2 Å². The summed E-state index contributed by atoms with van der Waals surface area (Å²) in [5, 5.41) is 9.34. The first-order valence-corrected chi connectivity index (χ1v) is 6.12. The Hall–Kier alpha value is -2.04. The number of hydrogen-bond donors (Lipinski definition) is 2. The molecular weight excluding hydrogens is 242 g/mol. The fourth-order valence-electron chi connectivity index (χ4n) is 1.51. The topological polar surface area (TPSA) is 64.7 Å². The van der Waals surface area contributed by atoms with E-state index < -0.39 is 6.10 Å². The Balaban J connectivity index is 1.99. The number of nitrogens with two attached hydrogens (primary N) is 1. The minimum atomic E-state index is -0.654. The molecule has 0 unspecified atom stereocenters. The van der Waals surface area contributed by atoms with Crippen LogP contribution in [0.4, 0.5) is 0 Å². The zero-order valence-electron chi connectivity index (χ0n) is 10.5. The molecule has 0 saturated carbocycles. The van der Waals surface area contributed by atoms with E-state index in [0.29, 0.717) is 11.5 Å². The Bertz CT molecular complexity index is 502. The first-order valence-electron chi connectivity index (χ1n) is 6.12. The van der Waals surface area contributed by atoms with Crippen LogP contribution in [0.5, 0.6) is 17.2 Å². The van der Waals surface area contributed by atoms with Crippen LogP contribution in [0.25, 0.3) is 0 Å². The van der Waals surface area contributed by atoms with Crippen LogP contribution in [0.15, 0.2) is 54.6 Å². The van der Waals surface area contributed by atoms with Gasteiger partial charge in [0.15, 0.2) is 0 Å². The largest absolute Gasteiger partial charge is 0.491 e. The third-order valence-electron chi connectivity index (χ3n) is 2.50. The number of aliphatic hydroxyl groups excluding tert-OH is 1. The van der Waals surface area contributed by atoms with Gasteiger partial charge in [0.2, 0.25) is 0 Å². The average Bonchev–Trinajstić information content (AvgIpc) is 2.46. The molecule has 2 aromatic carbocycles. The second kappa shape index (κ2) is 6.78. The van der Waals surface area contributed by atoms with E-state index in [2.05, 4.69) is 0 Å². The van der Waals surface area contributed by atoms with Crippen LogP contribution in [-0.2, 0) is 0 Å². The van der Waals surface area contributed by atoms with Crippen molar-refractivity contribution in [3.63, 3.8) is 0 Å². The Morgan fingerprint density at radius 1 is 0.947 bits per heavy atom. The smallest absolute Gasteiger partial charge is 0.131 e. The molecule has 4 nitrogen and oxygen atoms in total. The van der Waals surface area contributed by atoms with Crippen molar-refractivity contribution < 1.29 is 14.6 Å². The van der Waals surface area contributed by atoms with Crippen molar-refractivity contribution >= 4 is 0 Å². The van der Waals surface area contributed by atoms with Crippen molar-refractivity contribution in [3.8, 4) is 17.2 Å². The van der Waals surface area contributed by atoms with Crippen molar-refractivity contribution in [3.05, 3.63) is 54.6 Å². The van der Waals surface area contributed by atoms with Gasteiger partial charge in [0.1, 0.15) is 30.0 Å². The SMILES string of the molecule is NC[C@@H](O)COc1cccc(Oc2ccccc2)c1. The Kier molecular flexibility index (Phi) is 4.78. The summed E-state index contributed by atoms with van der Waals surface area (Å²) in [5.74, 6) is 2.09. The Morgan fingerprint density at radius 2 is 1.63 bits per heavy atom. The predicted octanol–water partition coefficient (Wildman–Crippen LogP) is 2.18. The molecular formula is C15H17NO3. The van der Waals surface area contributed by atoms with Crippen LogP contribution in [0.2, 0.25) is 0 Å². The maximum atomic E-state index is 9.34. The van der Waals surface area contributed by atoms with Gasteiger partial charge in [-0.25, -0.2) is 0 Å². The number of rotatable bonds is 6. The lowest BCUT2D eigenvalue weighted by Gasteiger charge is -2.11. The quantitative estimate of drug-likeness (QED) is 0.834. The highest BCUT2D eigenvalue weighted by atomic mass is 16.5. The van der Waals surface area contributed by atoms with E-state index in [4.69, 9.17) is 15.2 Å². The van der Waals surface area contributed by atoms with Crippen molar-refractivity contribution in [2.45, 2.75) is 6.10 Å². The van der Waals surface area contributed by atoms with Gasteiger partial charge in [-0.05, 0) is 24.3 Å².